The smallest absolute Gasteiger partial charge is 0.205 e. The van der Waals surface area contributed by atoms with E-state index in [1.165, 1.54) is 0 Å². The first-order valence-corrected chi connectivity index (χ1v) is 9.70. The Hall–Kier alpha value is -2.86. The van der Waals surface area contributed by atoms with E-state index in [1.54, 1.807) is 30.1 Å². The number of ether oxygens (including phenoxy) is 2. The zero-order valence-corrected chi connectivity index (χ0v) is 17.3. The second-order valence-electron chi connectivity index (χ2n) is 6.03. The molecule has 2 aromatic carbocycles. The number of hydrogen-bond acceptors (Lipinski definition) is 4. The molecule has 0 aliphatic heterocycles. The molecule has 1 heterocycles. The van der Waals surface area contributed by atoms with Gasteiger partial charge in [0.05, 0.1) is 17.8 Å². The molecule has 0 amide bonds. The van der Waals surface area contributed by atoms with Gasteiger partial charge in [-0.15, -0.1) is 0 Å². The first-order chi connectivity index (χ1) is 13.6. The summed E-state index contributed by atoms with van der Waals surface area (Å²) in [6.07, 6.45) is 4.97. The van der Waals surface area contributed by atoms with Crippen molar-refractivity contribution in [3.63, 3.8) is 0 Å². The van der Waals surface area contributed by atoms with Crippen LogP contribution in [0.4, 0.5) is 0 Å². The highest BCUT2D eigenvalue weighted by Crippen LogP contribution is 2.23. The van der Waals surface area contributed by atoms with Crippen molar-refractivity contribution >= 4 is 27.8 Å². The summed E-state index contributed by atoms with van der Waals surface area (Å²) in [5, 5.41) is 4.18. The van der Waals surface area contributed by atoms with Gasteiger partial charge in [0.2, 0.25) is 5.78 Å². The van der Waals surface area contributed by atoms with Crippen LogP contribution in [0.3, 0.4) is 0 Å². The van der Waals surface area contributed by atoms with Crippen molar-refractivity contribution in [1.82, 2.24) is 9.78 Å². The highest BCUT2D eigenvalue weighted by molar-refractivity contribution is 9.10. The van der Waals surface area contributed by atoms with Crippen LogP contribution in [0.5, 0.6) is 11.5 Å². The number of hydrogen-bond donors (Lipinski definition) is 0. The molecular weight excluding hydrogens is 420 g/mol. The molecule has 0 saturated heterocycles. The SMILES string of the molecule is CCn1ncc(Br)c1C(=O)/C=C/c1ccc(OC)c(COc2ccccc2)c1. The fourth-order valence-electron chi connectivity index (χ4n) is 2.79. The van der Waals surface area contributed by atoms with Crippen molar-refractivity contribution in [3.05, 3.63) is 82.1 Å². The second-order valence-corrected chi connectivity index (χ2v) is 6.88. The lowest BCUT2D eigenvalue weighted by Crippen LogP contribution is -2.07. The van der Waals surface area contributed by atoms with Crippen molar-refractivity contribution in [1.29, 1.82) is 0 Å². The van der Waals surface area contributed by atoms with E-state index < -0.39 is 0 Å². The molecule has 0 radical (unpaired) electrons. The molecule has 3 aromatic rings. The van der Waals surface area contributed by atoms with Gasteiger partial charge in [0.15, 0.2) is 0 Å². The lowest BCUT2D eigenvalue weighted by atomic mass is 10.1. The Bertz CT molecular complexity index is 981. The Morgan fingerprint density at radius 3 is 2.71 bits per heavy atom. The fourth-order valence-corrected chi connectivity index (χ4v) is 3.28. The van der Waals surface area contributed by atoms with E-state index >= 15 is 0 Å². The van der Waals surface area contributed by atoms with Crippen LogP contribution in [0.25, 0.3) is 6.08 Å². The number of carbonyl (C=O) groups is 1. The summed E-state index contributed by atoms with van der Waals surface area (Å²) in [6.45, 7) is 2.95. The number of rotatable bonds is 8. The van der Waals surface area contributed by atoms with E-state index in [9.17, 15) is 4.79 Å². The van der Waals surface area contributed by atoms with Crippen molar-refractivity contribution in [2.45, 2.75) is 20.1 Å². The summed E-state index contributed by atoms with van der Waals surface area (Å²) in [5.74, 6) is 1.42. The van der Waals surface area contributed by atoms with E-state index in [1.807, 2.05) is 55.5 Å². The standard InChI is InChI=1S/C22H21BrN2O3/c1-3-25-22(19(23)14-24-25)20(26)11-9-16-10-12-21(27-2)17(13-16)15-28-18-7-5-4-6-8-18/h4-14H,3,15H2,1-2H3/b11-9+. The average molecular weight is 441 g/mol. The molecule has 144 valence electrons. The molecular formula is C22H21BrN2O3. The fraction of sp³-hybridized carbons (Fsp3) is 0.182. The van der Waals surface area contributed by atoms with E-state index in [4.69, 9.17) is 9.47 Å². The Morgan fingerprint density at radius 2 is 2.00 bits per heavy atom. The van der Waals surface area contributed by atoms with Gasteiger partial charge in [-0.3, -0.25) is 9.48 Å². The Balaban J connectivity index is 1.77. The van der Waals surface area contributed by atoms with Gasteiger partial charge in [-0.25, -0.2) is 0 Å². The molecule has 0 atom stereocenters. The first-order valence-electron chi connectivity index (χ1n) is 8.91. The third-order valence-corrected chi connectivity index (χ3v) is 4.78. The van der Waals surface area contributed by atoms with Crippen LogP contribution in [0.2, 0.25) is 0 Å². The maximum atomic E-state index is 12.6. The molecule has 0 aliphatic carbocycles. The molecule has 0 aliphatic rings. The summed E-state index contributed by atoms with van der Waals surface area (Å²) >= 11 is 3.39. The maximum absolute atomic E-state index is 12.6. The third kappa shape index (κ3) is 4.70. The number of methoxy groups -OCH3 is 1. The summed E-state index contributed by atoms with van der Waals surface area (Å²) < 4.78 is 13.6. The number of para-hydroxylation sites is 1. The molecule has 1 aromatic heterocycles. The molecule has 0 spiro atoms. The predicted octanol–water partition coefficient (Wildman–Crippen LogP) is 5.15. The topological polar surface area (TPSA) is 53.4 Å². The molecule has 0 bridgehead atoms. The summed E-state index contributed by atoms with van der Waals surface area (Å²) in [7, 11) is 1.63. The van der Waals surface area contributed by atoms with Crippen LogP contribution in [0.1, 0.15) is 28.5 Å². The molecule has 6 heteroatoms. The Morgan fingerprint density at radius 1 is 1.21 bits per heavy atom. The van der Waals surface area contributed by atoms with Gasteiger partial charge in [0.1, 0.15) is 23.8 Å². The monoisotopic (exact) mass is 440 g/mol. The Kier molecular flexibility index (Phi) is 6.66. The summed E-state index contributed by atoms with van der Waals surface area (Å²) in [6, 6.07) is 15.3. The Labute approximate surface area is 172 Å². The highest BCUT2D eigenvalue weighted by Gasteiger charge is 2.14. The van der Waals surface area contributed by atoms with E-state index in [2.05, 4.69) is 21.0 Å². The van der Waals surface area contributed by atoms with E-state index in [0.29, 0.717) is 23.3 Å². The molecule has 0 saturated carbocycles. The minimum Gasteiger partial charge on any atom is -0.496 e. The van der Waals surface area contributed by atoms with Gasteiger partial charge in [0, 0.05) is 12.1 Å². The van der Waals surface area contributed by atoms with Crippen molar-refractivity contribution in [2.24, 2.45) is 0 Å². The third-order valence-electron chi connectivity index (χ3n) is 4.20. The molecule has 5 nitrogen and oxygen atoms in total. The number of aromatic nitrogens is 2. The zero-order valence-electron chi connectivity index (χ0n) is 15.8. The van der Waals surface area contributed by atoms with Crippen LogP contribution < -0.4 is 9.47 Å². The van der Waals surface area contributed by atoms with Crippen LogP contribution in [0, 0.1) is 0 Å². The molecule has 28 heavy (non-hydrogen) atoms. The summed E-state index contributed by atoms with van der Waals surface area (Å²) in [5.41, 5.74) is 2.33. The van der Waals surface area contributed by atoms with Gasteiger partial charge < -0.3 is 9.47 Å². The van der Waals surface area contributed by atoms with Crippen LogP contribution in [0.15, 0.2) is 65.3 Å². The lowest BCUT2D eigenvalue weighted by Gasteiger charge is -2.11. The van der Waals surface area contributed by atoms with Crippen molar-refractivity contribution in [3.8, 4) is 11.5 Å². The predicted molar refractivity (Wildman–Crippen MR) is 113 cm³/mol. The van der Waals surface area contributed by atoms with Gasteiger partial charge in [0.25, 0.3) is 0 Å². The average Bonchev–Trinajstić information content (AvgIpc) is 3.12. The number of nitrogens with zero attached hydrogens (tertiary/aromatic N) is 2. The number of benzene rings is 2. The second kappa shape index (κ2) is 9.37. The van der Waals surface area contributed by atoms with Gasteiger partial charge >= 0.3 is 0 Å². The molecule has 0 fully saturated rings. The number of allylic oxidation sites excluding steroid dienone is 1. The molecule has 3 rings (SSSR count). The lowest BCUT2D eigenvalue weighted by molar-refractivity contribution is 0.103. The zero-order chi connectivity index (χ0) is 19.9. The minimum atomic E-state index is -0.107. The van der Waals surface area contributed by atoms with Gasteiger partial charge in [-0.1, -0.05) is 30.3 Å². The largest absolute Gasteiger partial charge is 0.496 e. The van der Waals surface area contributed by atoms with E-state index in [-0.39, 0.29) is 5.78 Å². The number of ketones is 1. The summed E-state index contributed by atoms with van der Waals surface area (Å²) in [4.78, 5) is 12.6. The van der Waals surface area contributed by atoms with Crippen molar-refractivity contribution < 1.29 is 14.3 Å². The molecule has 0 N–H and O–H groups in total. The molecule has 0 unspecified atom stereocenters. The number of carbonyl (C=O) groups excluding carboxylic acids is 1. The van der Waals surface area contributed by atoms with Crippen molar-refractivity contribution in [2.75, 3.05) is 7.11 Å². The number of aryl methyl sites for hydroxylation is 1. The minimum absolute atomic E-state index is 0.107. The van der Waals surface area contributed by atoms with E-state index in [0.717, 1.165) is 22.6 Å². The van der Waals surface area contributed by atoms with Crippen LogP contribution >= 0.6 is 15.9 Å². The maximum Gasteiger partial charge on any atom is 0.205 e. The quantitative estimate of drug-likeness (QED) is 0.359. The highest BCUT2D eigenvalue weighted by atomic mass is 79.9. The first kappa shape index (κ1) is 19.9. The van der Waals surface area contributed by atoms with Crippen LogP contribution in [-0.4, -0.2) is 22.7 Å². The van der Waals surface area contributed by atoms with Gasteiger partial charge in [-0.2, -0.15) is 5.10 Å². The normalized spacial score (nSPS) is 11.0. The number of halogens is 1. The van der Waals surface area contributed by atoms with Gasteiger partial charge in [-0.05, 0) is 58.8 Å². The van der Waals surface area contributed by atoms with Crippen LogP contribution in [-0.2, 0) is 13.2 Å².